The van der Waals surface area contributed by atoms with E-state index in [0.29, 0.717) is 18.3 Å². The summed E-state index contributed by atoms with van der Waals surface area (Å²) < 4.78 is 11.3. The Morgan fingerprint density at radius 3 is 2.48 bits per heavy atom. The molecule has 1 saturated carbocycles. The molecule has 0 amide bonds. The Morgan fingerprint density at radius 1 is 1.03 bits per heavy atom. The van der Waals surface area contributed by atoms with Crippen LogP contribution in [0.4, 0.5) is 0 Å². The third-order valence-corrected chi connectivity index (χ3v) is 8.35. The van der Waals surface area contributed by atoms with Crippen molar-refractivity contribution in [1.29, 1.82) is 0 Å². The van der Waals surface area contributed by atoms with Crippen molar-refractivity contribution in [2.24, 2.45) is 11.8 Å². The molecule has 0 aliphatic heterocycles. The maximum atomic E-state index is 11.3. The minimum atomic E-state index is -4.18. The molecule has 0 bridgehead atoms. The Bertz CT molecular complexity index is 839. The Hall–Kier alpha value is -0.810. The van der Waals surface area contributed by atoms with Gasteiger partial charge in [0.05, 0.1) is 5.30 Å². The third kappa shape index (κ3) is 6.58. The van der Waals surface area contributed by atoms with Crippen LogP contribution in [0.1, 0.15) is 30.4 Å². The first-order valence-corrected chi connectivity index (χ1v) is 13.0. The van der Waals surface area contributed by atoms with Crippen LogP contribution in [-0.2, 0) is 17.4 Å². The molecule has 0 heterocycles. The summed E-state index contributed by atoms with van der Waals surface area (Å²) in [4.78, 5) is 19.7. The zero-order valence-corrected chi connectivity index (χ0v) is 18.8. The highest BCUT2D eigenvalue weighted by Gasteiger charge is 2.34. The lowest BCUT2D eigenvalue weighted by Crippen LogP contribution is -2.18. The minimum absolute atomic E-state index is 0.0700. The molecule has 2 aromatic carbocycles. The molecule has 4 nitrogen and oxygen atoms in total. The molecule has 0 radical (unpaired) electrons. The molecule has 0 saturated heterocycles. The molecule has 7 heteroatoms. The topological polar surface area (TPSA) is 77.8 Å². The molecule has 3 rings (SSSR count). The molecule has 158 valence electrons. The van der Waals surface area contributed by atoms with Crippen molar-refractivity contribution in [3.63, 3.8) is 0 Å². The van der Waals surface area contributed by atoms with Gasteiger partial charge in [-0.05, 0) is 79.3 Å². The average molecular weight is 455 g/mol. The lowest BCUT2D eigenvalue weighted by molar-refractivity contribution is 0.299. The summed E-state index contributed by atoms with van der Waals surface area (Å²) in [5.41, 5.74) is 2.25. The molecular formula is C22H28ClO4PS. The van der Waals surface area contributed by atoms with Crippen LogP contribution in [-0.4, -0.2) is 32.6 Å². The van der Waals surface area contributed by atoms with E-state index in [0.717, 1.165) is 42.6 Å². The van der Waals surface area contributed by atoms with Gasteiger partial charge < -0.3 is 14.9 Å². The van der Waals surface area contributed by atoms with E-state index in [2.05, 4.69) is 12.1 Å². The monoisotopic (exact) mass is 454 g/mol. The largest absolute Gasteiger partial charge is 0.396 e. The van der Waals surface area contributed by atoms with Crippen LogP contribution in [0.15, 0.2) is 53.4 Å². The molecule has 3 N–H and O–H groups in total. The van der Waals surface area contributed by atoms with Gasteiger partial charge in [0.1, 0.15) is 0 Å². The third-order valence-electron chi connectivity index (χ3n) is 5.70. The summed E-state index contributed by atoms with van der Waals surface area (Å²) in [5, 5.41) is 9.40. The second-order valence-corrected chi connectivity index (χ2v) is 11.0. The van der Waals surface area contributed by atoms with E-state index >= 15 is 0 Å². The Morgan fingerprint density at radius 2 is 1.79 bits per heavy atom. The van der Waals surface area contributed by atoms with Crippen LogP contribution in [0.2, 0.25) is 0 Å². The van der Waals surface area contributed by atoms with Crippen molar-refractivity contribution in [3.8, 4) is 0 Å². The van der Waals surface area contributed by atoms with E-state index < -0.39 is 7.60 Å². The smallest absolute Gasteiger partial charge is 0.356 e. The van der Waals surface area contributed by atoms with Gasteiger partial charge in [-0.3, -0.25) is 4.57 Å². The summed E-state index contributed by atoms with van der Waals surface area (Å²) in [6.45, 7) is 0.164. The second kappa shape index (κ2) is 10.5. The van der Waals surface area contributed by atoms with E-state index in [1.165, 1.54) is 17.0 Å². The molecule has 1 aliphatic rings. The summed E-state index contributed by atoms with van der Waals surface area (Å²) in [7, 11) is -4.18. The molecule has 0 spiro atoms. The number of aliphatic hydroxyl groups excluding tert-OH is 1. The predicted molar refractivity (Wildman–Crippen MR) is 120 cm³/mol. The van der Waals surface area contributed by atoms with E-state index in [1.54, 1.807) is 0 Å². The molecular weight excluding hydrogens is 427 g/mol. The zero-order chi connectivity index (χ0) is 20.9. The van der Waals surface area contributed by atoms with Crippen molar-refractivity contribution in [2.45, 2.75) is 42.4 Å². The van der Waals surface area contributed by atoms with Crippen LogP contribution in [0.3, 0.4) is 0 Å². The highest BCUT2D eigenvalue weighted by atomic mass is 35.5. The van der Waals surface area contributed by atoms with Gasteiger partial charge in [0.15, 0.2) is 0 Å². The molecule has 1 unspecified atom stereocenters. The lowest BCUT2D eigenvalue weighted by atomic mass is 9.91. The van der Waals surface area contributed by atoms with Crippen molar-refractivity contribution < 1.29 is 19.5 Å². The number of hydrogen-bond acceptors (Lipinski definition) is 3. The van der Waals surface area contributed by atoms with Crippen molar-refractivity contribution in [1.82, 2.24) is 0 Å². The number of hydrogen-bond donors (Lipinski definition) is 3. The van der Waals surface area contributed by atoms with Gasteiger partial charge in [0.2, 0.25) is 0 Å². The SMILES string of the molecule is O=P(O)(O)c1ccc(CC[C@H]2CCC(Cl)[C@@H]2CSc2cccc(CCO)c2)cc1. The quantitative estimate of drug-likeness (QED) is 0.298. The normalized spacial score (nSPS) is 22.1. The van der Waals surface area contributed by atoms with Crippen molar-refractivity contribution in [3.05, 3.63) is 59.7 Å². The predicted octanol–water partition coefficient (Wildman–Crippen LogP) is 4.38. The van der Waals surface area contributed by atoms with Crippen molar-refractivity contribution in [2.75, 3.05) is 12.4 Å². The fourth-order valence-corrected chi connectivity index (χ4v) is 6.38. The standard InChI is InChI=1S/C22H28ClO4PS/c23-22-11-8-18(7-4-16-5-9-19(10-6-16)28(25,26)27)21(22)15-29-20-3-1-2-17(14-20)12-13-24/h1-3,5-6,9-10,14,18,21-22,24H,4,7-8,11-13,15H2,(H2,25,26,27)/t18-,21+,22?/m0/s1. The van der Waals surface area contributed by atoms with Crippen LogP contribution in [0, 0.1) is 11.8 Å². The molecule has 1 fully saturated rings. The number of alkyl halides is 1. The van der Waals surface area contributed by atoms with E-state index in [-0.39, 0.29) is 17.3 Å². The molecule has 29 heavy (non-hydrogen) atoms. The van der Waals surface area contributed by atoms with Crippen LogP contribution < -0.4 is 5.30 Å². The van der Waals surface area contributed by atoms with E-state index in [4.69, 9.17) is 16.7 Å². The molecule has 0 aromatic heterocycles. The van der Waals surface area contributed by atoms with Crippen molar-refractivity contribution >= 4 is 36.3 Å². The Labute approximate surface area is 181 Å². The van der Waals surface area contributed by atoms with Crippen LogP contribution >= 0.6 is 31.0 Å². The van der Waals surface area contributed by atoms with Crippen LogP contribution in [0.5, 0.6) is 0 Å². The minimum Gasteiger partial charge on any atom is -0.396 e. The van der Waals surface area contributed by atoms with Gasteiger partial charge in [0.25, 0.3) is 0 Å². The first kappa shape index (κ1) is 22.9. The number of aryl methyl sites for hydroxylation is 1. The summed E-state index contributed by atoms with van der Waals surface area (Å²) >= 11 is 8.48. The maximum absolute atomic E-state index is 11.3. The highest BCUT2D eigenvalue weighted by molar-refractivity contribution is 7.99. The first-order chi connectivity index (χ1) is 13.9. The second-order valence-electron chi connectivity index (χ2n) is 7.70. The number of thioether (sulfide) groups is 1. The average Bonchev–Trinajstić information content (AvgIpc) is 3.04. The highest BCUT2D eigenvalue weighted by Crippen LogP contribution is 2.41. The number of aliphatic hydroxyl groups is 1. The Balaban J connectivity index is 1.55. The molecule has 3 atom stereocenters. The number of rotatable bonds is 9. The van der Waals surface area contributed by atoms with Gasteiger partial charge in [-0.25, -0.2) is 0 Å². The number of benzene rings is 2. The molecule has 2 aromatic rings. The maximum Gasteiger partial charge on any atom is 0.356 e. The fraction of sp³-hybridized carbons (Fsp3) is 0.455. The van der Waals surface area contributed by atoms with E-state index in [9.17, 15) is 14.4 Å². The molecule has 1 aliphatic carbocycles. The fourth-order valence-electron chi connectivity index (χ4n) is 4.02. The van der Waals surface area contributed by atoms with Gasteiger partial charge in [-0.15, -0.1) is 23.4 Å². The van der Waals surface area contributed by atoms with E-state index in [1.807, 2.05) is 36.0 Å². The van der Waals surface area contributed by atoms with Gasteiger partial charge >= 0.3 is 7.60 Å². The lowest BCUT2D eigenvalue weighted by Gasteiger charge is -2.22. The summed E-state index contributed by atoms with van der Waals surface area (Å²) in [5.74, 6) is 2.00. The van der Waals surface area contributed by atoms with Gasteiger partial charge in [-0.1, -0.05) is 24.3 Å². The zero-order valence-electron chi connectivity index (χ0n) is 16.3. The van der Waals surface area contributed by atoms with Crippen LogP contribution in [0.25, 0.3) is 0 Å². The summed E-state index contributed by atoms with van der Waals surface area (Å²) in [6.07, 6.45) is 4.78. The van der Waals surface area contributed by atoms with Gasteiger partial charge in [-0.2, -0.15) is 0 Å². The van der Waals surface area contributed by atoms with Gasteiger partial charge in [0, 0.05) is 22.6 Å². The Kier molecular flexibility index (Phi) is 8.26. The number of halogens is 1. The summed E-state index contributed by atoms with van der Waals surface area (Å²) in [6, 6.07) is 15.0. The first-order valence-electron chi connectivity index (χ1n) is 9.98.